The molecule has 1 atom stereocenters. The first-order valence-corrected chi connectivity index (χ1v) is 6.21. The molecule has 4 nitrogen and oxygen atoms in total. The van der Waals surface area contributed by atoms with Gasteiger partial charge in [-0.15, -0.1) is 11.3 Å². The first-order chi connectivity index (χ1) is 7.65. The molecular formula is C11H15NO3S. The second-order valence-corrected chi connectivity index (χ2v) is 5.29. The van der Waals surface area contributed by atoms with Crippen LogP contribution in [0.25, 0.3) is 0 Å². The molecule has 1 aliphatic heterocycles. The predicted octanol–water partition coefficient (Wildman–Crippen LogP) is 1.66. The van der Waals surface area contributed by atoms with Gasteiger partial charge in [0.2, 0.25) is 0 Å². The van der Waals surface area contributed by atoms with E-state index < -0.39 is 5.97 Å². The number of aromatic nitrogens is 1. The van der Waals surface area contributed by atoms with Crippen LogP contribution in [0.4, 0.5) is 0 Å². The van der Waals surface area contributed by atoms with E-state index in [-0.39, 0.29) is 6.42 Å². The van der Waals surface area contributed by atoms with Crippen molar-refractivity contribution in [1.29, 1.82) is 0 Å². The average molecular weight is 241 g/mol. The Bertz CT molecular complexity index is 383. The van der Waals surface area contributed by atoms with Crippen LogP contribution in [-0.4, -0.2) is 29.3 Å². The van der Waals surface area contributed by atoms with Gasteiger partial charge in [-0.3, -0.25) is 4.79 Å². The van der Waals surface area contributed by atoms with Crippen LogP contribution in [0, 0.1) is 12.8 Å². The molecule has 1 aliphatic rings. The minimum Gasteiger partial charge on any atom is -0.481 e. The van der Waals surface area contributed by atoms with E-state index in [4.69, 9.17) is 9.84 Å². The van der Waals surface area contributed by atoms with Crippen molar-refractivity contribution in [3.05, 3.63) is 15.6 Å². The Hall–Kier alpha value is -0.940. The van der Waals surface area contributed by atoms with Crippen molar-refractivity contribution in [3.63, 3.8) is 0 Å². The van der Waals surface area contributed by atoms with Crippen LogP contribution >= 0.6 is 11.3 Å². The number of carbonyl (C=O) groups is 1. The number of nitrogens with zero attached hydrogens (tertiary/aromatic N) is 1. The van der Waals surface area contributed by atoms with Crippen LogP contribution in [0.5, 0.6) is 0 Å². The quantitative estimate of drug-likeness (QED) is 0.871. The molecule has 0 aliphatic carbocycles. The van der Waals surface area contributed by atoms with Crippen LogP contribution in [0.1, 0.15) is 22.0 Å². The summed E-state index contributed by atoms with van der Waals surface area (Å²) in [5.74, 6) is -0.231. The molecule has 1 fully saturated rings. The van der Waals surface area contributed by atoms with Crippen LogP contribution in [0.2, 0.25) is 0 Å². The molecule has 16 heavy (non-hydrogen) atoms. The van der Waals surface area contributed by atoms with E-state index >= 15 is 0 Å². The van der Waals surface area contributed by atoms with Gasteiger partial charge in [-0.25, -0.2) is 4.98 Å². The van der Waals surface area contributed by atoms with E-state index in [2.05, 4.69) is 4.98 Å². The van der Waals surface area contributed by atoms with Crippen molar-refractivity contribution < 1.29 is 14.6 Å². The number of thiazole rings is 1. The molecule has 0 spiro atoms. The normalized spacial score (nSPS) is 20.2. The highest BCUT2D eigenvalue weighted by molar-refractivity contribution is 7.11. The smallest absolute Gasteiger partial charge is 0.308 e. The van der Waals surface area contributed by atoms with Gasteiger partial charge in [0.15, 0.2) is 0 Å². The summed E-state index contributed by atoms with van der Waals surface area (Å²) in [5, 5.41) is 9.79. The number of aliphatic carboxylic acids is 1. The molecule has 1 aromatic heterocycles. The highest BCUT2D eigenvalue weighted by Gasteiger charge is 2.19. The van der Waals surface area contributed by atoms with Crippen LogP contribution < -0.4 is 0 Å². The molecule has 1 aromatic rings. The van der Waals surface area contributed by atoms with E-state index in [9.17, 15) is 4.79 Å². The third-order valence-electron chi connectivity index (χ3n) is 2.74. The minimum absolute atomic E-state index is 0.0880. The van der Waals surface area contributed by atoms with Crippen molar-refractivity contribution in [1.82, 2.24) is 4.98 Å². The zero-order chi connectivity index (χ0) is 11.5. The lowest BCUT2D eigenvalue weighted by Gasteiger charge is -2.02. The predicted molar refractivity (Wildman–Crippen MR) is 60.8 cm³/mol. The highest BCUT2D eigenvalue weighted by atomic mass is 32.1. The largest absolute Gasteiger partial charge is 0.481 e. The maximum absolute atomic E-state index is 10.6. The summed E-state index contributed by atoms with van der Waals surface area (Å²) >= 11 is 1.53. The number of rotatable bonds is 4. The van der Waals surface area contributed by atoms with Gasteiger partial charge in [-0.05, 0) is 19.3 Å². The Morgan fingerprint density at radius 1 is 1.69 bits per heavy atom. The molecule has 0 amide bonds. The fourth-order valence-corrected chi connectivity index (χ4v) is 3.04. The van der Waals surface area contributed by atoms with Crippen molar-refractivity contribution in [2.75, 3.05) is 13.2 Å². The summed E-state index contributed by atoms with van der Waals surface area (Å²) in [6.45, 7) is 3.54. The molecule has 0 bridgehead atoms. The third kappa shape index (κ3) is 2.80. The summed E-state index contributed by atoms with van der Waals surface area (Å²) in [4.78, 5) is 15.9. The van der Waals surface area contributed by atoms with Crippen molar-refractivity contribution >= 4 is 17.3 Å². The lowest BCUT2D eigenvalue weighted by atomic mass is 10.1. The third-order valence-corrected chi connectivity index (χ3v) is 3.92. The second kappa shape index (κ2) is 4.93. The lowest BCUT2D eigenvalue weighted by Crippen LogP contribution is -2.02. The molecule has 0 aromatic carbocycles. The molecular weight excluding hydrogens is 226 g/mol. The van der Waals surface area contributed by atoms with E-state index in [0.717, 1.165) is 41.6 Å². The highest BCUT2D eigenvalue weighted by Crippen LogP contribution is 2.24. The summed E-state index contributed by atoms with van der Waals surface area (Å²) in [5.41, 5.74) is 0.862. The molecule has 2 heterocycles. The van der Waals surface area contributed by atoms with Gasteiger partial charge in [0.05, 0.1) is 17.1 Å². The number of aryl methyl sites for hydroxylation is 1. The maximum Gasteiger partial charge on any atom is 0.308 e. The average Bonchev–Trinajstić information content (AvgIpc) is 2.78. The second-order valence-electron chi connectivity index (χ2n) is 4.12. The van der Waals surface area contributed by atoms with Gasteiger partial charge in [-0.2, -0.15) is 0 Å². The fourth-order valence-electron chi connectivity index (χ4n) is 1.87. The van der Waals surface area contributed by atoms with Gasteiger partial charge >= 0.3 is 5.97 Å². The lowest BCUT2D eigenvalue weighted by molar-refractivity contribution is -0.136. The Labute approximate surface area is 98.3 Å². The van der Waals surface area contributed by atoms with Crippen LogP contribution in [-0.2, 0) is 22.4 Å². The molecule has 1 saturated heterocycles. The van der Waals surface area contributed by atoms with Crippen LogP contribution in [0.15, 0.2) is 0 Å². The van der Waals surface area contributed by atoms with Crippen LogP contribution in [0.3, 0.4) is 0 Å². The van der Waals surface area contributed by atoms with Crippen molar-refractivity contribution in [3.8, 4) is 0 Å². The topological polar surface area (TPSA) is 59.4 Å². The molecule has 5 heteroatoms. The molecule has 0 radical (unpaired) electrons. The molecule has 88 valence electrons. The summed E-state index contributed by atoms with van der Waals surface area (Å²) in [7, 11) is 0. The number of carboxylic acids is 1. The number of hydrogen-bond donors (Lipinski definition) is 1. The standard InChI is InChI=1S/C11H15NO3S/c1-7-9(5-11(13)14)16-10(12-7)4-8-2-3-15-6-8/h8H,2-6H2,1H3,(H,13,14). The van der Waals surface area contributed by atoms with Gasteiger partial charge in [0.25, 0.3) is 0 Å². The summed E-state index contributed by atoms with van der Waals surface area (Å²) in [6.07, 6.45) is 2.10. The Kier molecular flexibility index (Phi) is 3.56. The first-order valence-electron chi connectivity index (χ1n) is 5.40. The van der Waals surface area contributed by atoms with E-state index in [1.807, 2.05) is 6.92 Å². The fraction of sp³-hybridized carbons (Fsp3) is 0.636. The minimum atomic E-state index is -0.789. The zero-order valence-electron chi connectivity index (χ0n) is 9.23. The number of hydrogen-bond acceptors (Lipinski definition) is 4. The van der Waals surface area contributed by atoms with Crippen molar-refractivity contribution in [2.24, 2.45) is 5.92 Å². The monoisotopic (exact) mass is 241 g/mol. The molecule has 0 saturated carbocycles. The van der Waals surface area contributed by atoms with Gasteiger partial charge < -0.3 is 9.84 Å². The van der Waals surface area contributed by atoms with Gasteiger partial charge in [0.1, 0.15) is 0 Å². The molecule has 1 unspecified atom stereocenters. The van der Waals surface area contributed by atoms with E-state index in [1.165, 1.54) is 11.3 Å². The molecule has 2 rings (SSSR count). The SMILES string of the molecule is Cc1nc(CC2CCOC2)sc1CC(=O)O. The first kappa shape index (κ1) is 11.5. The molecule has 1 N–H and O–H groups in total. The van der Waals surface area contributed by atoms with E-state index in [1.54, 1.807) is 0 Å². The zero-order valence-corrected chi connectivity index (χ0v) is 10.0. The number of carboxylic acid groups (broad SMARTS) is 1. The maximum atomic E-state index is 10.6. The van der Waals surface area contributed by atoms with E-state index in [0.29, 0.717) is 5.92 Å². The van der Waals surface area contributed by atoms with Crippen molar-refractivity contribution in [2.45, 2.75) is 26.2 Å². The summed E-state index contributed by atoms with van der Waals surface area (Å²) in [6, 6.07) is 0. The van der Waals surface area contributed by atoms with Gasteiger partial charge in [0, 0.05) is 24.5 Å². The van der Waals surface area contributed by atoms with Gasteiger partial charge in [-0.1, -0.05) is 0 Å². The Morgan fingerprint density at radius 2 is 2.50 bits per heavy atom. The Balaban J connectivity index is 2.01. The summed E-state index contributed by atoms with van der Waals surface area (Å²) < 4.78 is 5.31. The Morgan fingerprint density at radius 3 is 3.12 bits per heavy atom. The number of ether oxygens (including phenoxy) is 1.